The van der Waals surface area contributed by atoms with Gasteiger partial charge in [0, 0.05) is 25.9 Å². The first kappa shape index (κ1) is 24.8. The molecule has 2 aromatic rings. The van der Waals surface area contributed by atoms with E-state index in [0.29, 0.717) is 38.6 Å². The molecule has 0 saturated heterocycles. The fourth-order valence-electron chi connectivity index (χ4n) is 5.20. The first-order valence-electron chi connectivity index (χ1n) is 12.4. The van der Waals surface area contributed by atoms with Crippen LogP contribution in [0.3, 0.4) is 0 Å². The zero-order chi connectivity index (χ0) is 25.0. The van der Waals surface area contributed by atoms with Crippen LogP contribution in [0.15, 0.2) is 48.5 Å². The molecule has 35 heavy (non-hydrogen) atoms. The number of carboxylic acids is 1. The number of fused-ring (bicyclic) bond motifs is 3. The van der Waals surface area contributed by atoms with Crippen LogP contribution in [0.25, 0.3) is 11.1 Å². The molecule has 2 aliphatic rings. The molecule has 1 atom stereocenters. The van der Waals surface area contributed by atoms with Gasteiger partial charge in [-0.15, -0.1) is 0 Å². The lowest BCUT2D eigenvalue weighted by molar-refractivity contribution is -0.164. The molecule has 2 aliphatic carbocycles. The molecule has 0 radical (unpaired) electrons. The lowest BCUT2D eigenvalue weighted by atomic mass is 9.75. The summed E-state index contributed by atoms with van der Waals surface area (Å²) in [5.74, 6) is -0.813. The molecule has 1 saturated carbocycles. The van der Waals surface area contributed by atoms with Gasteiger partial charge in [-0.05, 0) is 60.3 Å². The first-order valence-corrected chi connectivity index (χ1v) is 12.4. The van der Waals surface area contributed by atoms with Gasteiger partial charge in [-0.3, -0.25) is 4.79 Å². The van der Waals surface area contributed by atoms with Gasteiger partial charge in [-0.25, -0.2) is 9.59 Å². The maximum Gasteiger partial charge on any atom is 0.407 e. The van der Waals surface area contributed by atoms with Crippen molar-refractivity contribution in [1.29, 1.82) is 0 Å². The van der Waals surface area contributed by atoms with E-state index in [2.05, 4.69) is 29.6 Å². The molecule has 4 rings (SSSR count). The number of ether oxygens (including phenoxy) is 1. The molecule has 0 spiro atoms. The number of carbonyl (C=O) groups excluding carboxylic acids is 2. The second kappa shape index (κ2) is 10.5. The zero-order valence-electron chi connectivity index (χ0n) is 20.5. The largest absolute Gasteiger partial charge is 0.479 e. The number of carboxylic acid groups (broad SMARTS) is 1. The van der Waals surface area contributed by atoms with Crippen LogP contribution in [-0.2, 0) is 14.3 Å². The Morgan fingerprint density at radius 1 is 1.06 bits per heavy atom. The number of alkyl carbamates (subject to hydrolysis) is 1. The lowest BCUT2D eigenvalue weighted by Crippen LogP contribution is -2.59. The molecule has 7 nitrogen and oxygen atoms in total. The highest BCUT2D eigenvalue weighted by molar-refractivity contribution is 5.87. The first-order chi connectivity index (χ1) is 16.8. The van der Waals surface area contributed by atoms with Gasteiger partial charge in [-0.2, -0.15) is 0 Å². The maximum absolute atomic E-state index is 12.5. The van der Waals surface area contributed by atoms with Crippen molar-refractivity contribution in [2.24, 2.45) is 5.92 Å². The Bertz CT molecular complexity index is 1050. The summed E-state index contributed by atoms with van der Waals surface area (Å²) >= 11 is 0. The third-order valence-electron chi connectivity index (χ3n) is 7.70. The smallest absolute Gasteiger partial charge is 0.407 e. The van der Waals surface area contributed by atoms with Gasteiger partial charge < -0.3 is 20.1 Å². The summed E-state index contributed by atoms with van der Waals surface area (Å²) < 4.78 is 5.56. The van der Waals surface area contributed by atoms with Crippen molar-refractivity contribution in [1.82, 2.24) is 10.2 Å². The fourth-order valence-corrected chi connectivity index (χ4v) is 5.20. The summed E-state index contributed by atoms with van der Waals surface area (Å²) in [6.45, 7) is 2.77. The van der Waals surface area contributed by atoms with E-state index in [4.69, 9.17) is 4.74 Å². The molecule has 186 valence electrons. The third-order valence-corrected chi connectivity index (χ3v) is 7.70. The number of likely N-dealkylation sites (N-methyl/N-ethyl adjacent to an activating group) is 1. The molecule has 0 aromatic heterocycles. The van der Waals surface area contributed by atoms with E-state index in [0.717, 1.165) is 6.42 Å². The van der Waals surface area contributed by atoms with Crippen molar-refractivity contribution in [3.8, 4) is 11.1 Å². The van der Waals surface area contributed by atoms with Crippen molar-refractivity contribution in [3.05, 3.63) is 59.7 Å². The van der Waals surface area contributed by atoms with Crippen LogP contribution in [0.5, 0.6) is 0 Å². The highest BCUT2D eigenvalue weighted by atomic mass is 16.5. The molecule has 1 fully saturated rings. The van der Waals surface area contributed by atoms with Crippen LogP contribution < -0.4 is 5.32 Å². The van der Waals surface area contributed by atoms with Gasteiger partial charge in [-0.1, -0.05) is 55.5 Å². The predicted octanol–water partition coefficient (Wildman–Crippen LogP) is 4.80. The quantitative estimate of drug-likeness (QED) is 0.512. The van der Waals surface area contributed by atoms with Crippen molar-refractivity contribution in [3.63, 3.8) is 0 Å². The van der Waals surface area contributed by atoms with E-state index in [1.165, 1.54) is 27.2 Å². The number of benzene rings is 2. The summed E-state index contributed by atoms with van der Waals surface area (Å²) in [5, 5.41) is 12.3. The second-order valence-electron chi connectivity index (χ2n) is 9.83. The van der Waals surface area contributed by atoms with Gasteiger partial charge in [0.15, 0.2) is 0 Å². The average Bonchev–Trinajstić information content (AvgIpc) is 3.14. The second-order valence-corrected chi connectivity index (χ2v) is 9.83. The van der Waals surface area contributed by atoms with Crippen LogP contribution in [0.4, 0.5) is 4.79 Å². The fraction of sp³-hybridized carbons (Fsp3) is 0.464. The molecule has 0 heterocycles. The van der Waals surface area contributed by atoms with Gasteiger partial charge in [0.05, 0.1) is 0 Å². The van der Waals surface area contributed by atoms with Gasteiger partial charge in [0.25, 0.3) is 0 Å². The standard InChI is InChI=1S/C28H34N2O5/c1-19(12-13-25(31)30(2)28(26(32)33)15-7-16-28)14-17-29-27(34)35-18-24-22-10-5-3-8-20(22)21-9-4-6-11-23(21)24/h3-6,8-11,19,24H,7,12-18H2,1-2H3,(H,29,34)(H,32,33). The minimum absolute atomic E-state index is 0.0276. The Labute approximate surface area is 206 Å². The number of amides is 2. The number of aliphatic carboxylic acids is 1. The van der Waals surface area contributed by atoms with E-state index in [1.54, 1.807) is 7.05 Å². The molecule has 7 heteroatoms. The number of rotatable bonds is 10. The molecule has 0 aliphatic heterocycles. The third kappa shape index (κ3) is 5.04. The highest BCUT2D eigenvalue weighted by Gasteiger charge is 2.49. The highest BCUT2D eigenvalue weighted by Crippen LogP contribution is 2.44. The van der Waals surface area contributed by atoms with Gasteiger partial charge in [0.2, 0.25) is 5.91 Å². The van der Waals surface area contributed by atoms with Crippen LogP contribution in [-0.4, -0.2) is 53.7 Å². The number of hydrogen-bond donors (Lipinski definition) is 2. The van der Waals surface area contributed by atoms with Crippen LogP contribution >= 0.6 is 0 Å². The predicted molar refractivity (Wildman–Crippen MR) is 133 cm³/mol. The van der Waals surface area contributed by atoms with Gasteiger partial charge >= 0.3 is 12.1 Å². The number of hydrogen-bond acceptors (Lipinski definition) is 4. The van der Waals surface area contributed by atoms with E-state index in [1.807, 2.05) is 31.2 Å². The van der Waals surface area contributed by atoms with Crippen molar-refractivity contribution < 1.29 is 24.2 Å². The van der Waals surface area contributed by atoms with E-state index < -0.39 is 17.6 Å². The summed E-state index contributed by atoms with van der Waals surface area (Å²) in [5.41, 5.74) is 3.72. The molecular weight excluding hydrogens is 444 g/mol. The van der Waals surface area contributed by atoms with Crippen LogP contribution in [0.1, 0.15) is 62.5 Å². The molecular formula is C28H34N2O5. The van der Waals surface area contributed by atoms with Gasteiger partial charge in [0.1, 0.15) is 12.1 Å². The van der Waals surface area contributed by atoms with Crippen LogP contribution in [0, 0.1) is 5.92 Å². The SMILES string of the molecule is CC(CCNC(=O)OCC1c2ccccc2-c2ccccc21)CCC(=O)N(C)C1(C(=O)O)CCC1. The lowest BCUT2D eigenvalue weighted by Gasteiger charge is -2.45. The summed E-state index contributed by atoms with van der Waals surface area (Å²) in [6, 6.07) is 16.4. The molecule has 2 aromatic carbocycles. The molecule has 0 bridgehead atoms. The number of nitrogens with one attached hydrogen (secondary N) is 1. The van der Waals surface area contributed by atoms with Crippen molar-refractivity contribution >= 4 is 18.0 Å². The Balaban J connectivity index is 1.18. The number of nitrogens with zero attached hydrogens (tertiary/aromatic N) is 1. The van der Waals surface area contributed by atoms with Crippen molar-refractivity contribution in [2.45, 2.75) is 56.9 Å². The minimum atomic E-state index is -1.02. The summed E-state index contributed by atoms with van der Waals surface area (Å²) in [7, 11) is 1.60. The van der Waals surface area contributed by atoms with Crippen LogP contribution in [0.2, 0.25) is 0 Å². The Morgan fingerprint density at radius 2 is 1.66 bits per heavy atom. The summed E-state index contributed by atoms with van der Waals surface area (Å²) in [4.78, 5) is 37.9. The van der Waals surface area contributed by atoms with E-state index >= 15 is 0 Å². The molecule has 2 amide bonds. The monoisotopic (exact) mass is 478 g/mol. The topological polar surface area (TPSA) is 95.9 Å². The molecule has 1 unspecified atom stereocenters. The Morgan fingerprint density at radius 3 is 2.20 bits per heavy atom. The number of carbonyl (C=O) groups is 3. The maximum atomic E-state index is 12.5. The minimum Gasteiger partial charge on any atom is -0.479 e. The van der Waals surface area contributed by atoms with E-state index in [9.17, 15) is 19.5 Å². The van der Waals surface area contributed by atoms with Crippen molar-refractivity contribution in [2.75, 3.05) is 20.2 Å². The molecule has 2 N–H and O–H groups in total. The summed E-state index contributed by atoms with van der Waals surface area (Å²) in [6.07, 6.45) is 3.09. The normalized spacial score (nSPS) is 16.4. The van der Waals surface area contributed by atoms with E-state index in [-0.39, 0.29) is 24.3 Å². The zero-order valence-corrected chi connectivity index (χ0v) is 20.5. The average molecular weight is 479 g/mol. The Kier molecular flexibility index (Phi) is 7.43. The Hall–Kier alpha value is -3.35.